The van der Waals surface area contributed by atoms with Crippen LogP contribution in [0.5, 0.6) is 5.75 Å². The molecule has 4 rings (SSSR count). The second kappa shape index (κ2) is 12.4. The number of benzene rings is 1. The van der Waals surface area contributed by atoms with Crippen molar-refractivity contribution in [3.8, 4) is 17.1 Å². The van der Waals surface area contributed by atoms with Gasteiger partial charge in [0.05, 0.1) is 29.3 Å². The van der Waals surface area contributed by atoms with Crippen LogP contribution in [0.4, 0.5) is 39.5 Å². The van der Waals surface area contributed by atoms with Crippen molar-refractivity contribution in [3.05, 3.63) is 80.6 Å². The van der Waals surface area contributed by atoms with Gasteiger partial charge in [-0.1, -0.05) is 0 Å². The fourth-order valence-corrected chi connectivity index (χ4v) is 4.03. The average Bonchev–Trinajstić information content (AvgIpc) is 2.91. The third-order valence-electron chi connectivity index (χ3n) is 6.02. The zero-order chi connectivity index (χ0) is 31.5. The van der Waals surface area contributed by atoms with Crippen molar-refractivity contribution in [3.63, 3.8) is 0 Å². The summed E-state index contributed by atoms with van der Waals surface area (Å²) in [7, 11) is 0. The number of hydrogen-bond donors (Lipinski definition) is 1. The van der Waals surface area contributed by atoms with Gasteiger partial charge in [-0.2, -0.15) is 40.2 Å². The SMILES string of the molecule is O=c1[nH]ncc(OC(CCCn2ccc3cc(-c4ncc(C(F)(F)F)cn4)c(F)cc3c2=O)COC(F)F)c1C(F)(F)F. The number of H-pyrrole nitrogens is 1. The zero-order valence-electron chi connectivity index (χ0n) is 21.3. The van der Waals surface area contributed by atoms with E-state index in [1.54, 1.807) is 5.10 Å². The van der Waals surface area contributed by atoms with E-state index in [0.717, 1.165) is 10.6 Å². The van der Waals surface area contributed by atoms with E-state index in [2.05, 4.69) is 19.8 Å². The molecule has 1 unspecified atom stereocenters. The lowest BCUT2D eigenvalue weighted by Gasteiger charge is -2.21. The van der Waals surface area contributed by atoms with E-state index in [1.807, 2.05) is 0 Å². The highest BCUT2D eigenvalue weighted by atomic mass is 19.4. The summed E-state index contributed by atoms with van der Waals surface area (Å²) in [5, 5.41) is 4.94. The highest BCUT2D eigenvalue weighted by Crippen LogP contribution is 2.34. The molecular weight excluding hydrogens is 605 g/mol. The molecule has 0 bridgehead atoms. The van der Waals surface area contributed by atoms with Gasteiger partial charge in [0, 0.05) is 25.1 Å². The van der Waals surface area contributed by atoms with E-state index in [-0.39, 0.29) is 41.5 Å². The Kier molecular flexibility index (Phi) is 9.07. The molecule has 3 aromatic heterocycles. The fraction of sp³-hybridized carbons (Fsp3) is 0.320. The molecule has 0 spiro atoms. The number of halogens is 9. The molecule has 0 amide bonds. The van der Waals surface area contributed by atoms with Crippen LogP contribution in [0.2, 0.25) is 0 Å². The number of ether oxygens (including phenoxy) is 2. The fourth-order valence-electron chi connectivity index (χ4n) is 4.03. The van der Waals surface area contributed by atoms with E-state index in [9.17, 15) is 49.1 Å². The van der Waals surface area contributed by atoms with Crippen LogP contribution in [0.1, 0.15) is 24.0 Å². The molecule has 1 aromatic carbocycles. The van der Waals surface area contributed by atoms with E-state index in [1.165, 1.54) is 18.3 Å². The Morgan fingerprint density at radius 2 is 1.67 bits per heavy atom. The molecule has 0 aliphatic rings. The van der Waals surface area contributed by atoms with Crippen LogP contribution in [0.15, 0.2) is 52.6 Å². The molecule has 0 fully saturated rings. The summed E-state index contributed by atoms with van der Waals surface area (Å²) in [4.78, 5) is 31.7. The summed E-state index contributed by atoms with van der Waals surface area (Å²) in [6.45, 7) is -4.26. The highest BCUT2D eigenvalue weighted by molar-refractivity contribution is 5.85. The Hall–Kier alpha value is -4.48. The lowest BCUT2D eigenvalue weighted by molar-refractivity contribution is -0.150. The Bertz CT molecular complexity index is 1700. The van der Waals surface area contributed by atoms with Crippen LogP contribution in [-0.4, -0.2) is 44.1 Å². The number of aryl methyl sites for hydroxylation is 1. The summed E-state index contributed by atoms with van der Waals surface area (Å²) in [6, 6.07) is 3.43. The number of pyridine rings is 1. The van der Waals surface area contributed by atoms with Gasteiger partial charge in [-0.25, -0.2) is 19.5 Å². The highest BCUT2D eigenvalue weighted by Gasteiger charge is 2.39. The zero-order valence-corrected chi connectivity index (χ0v) is 21.3. The monoisotopic (exact) mass is 623 g/mol. The molecule has 1 N–H and O–H groups in total. The summed E-state index contributed by atoms with van der Waals surface area (Å²) in [5.41, 5.74) is -5.43. The van der Waals surface area contributed by atoms with Crippen LogP contribution < -0.4 is 15.9 Å². The van der Waals surface area contributed by atoms with Crippen LogP contribution in [0, 0.1) is 5.82 Å². The lowest BCUT2D eigenvalue weighted by atomic mass is 10.1. The largest absolute Gasteiger partial charge is 0.485 e. The maximum atomic E-state index is 14.9. The third-order valence-corrected chi connectivity index (χ3v) is 6.02. The maximum absolute atomic E-state index is 14.9. The first kappa shape index (κ1) is 31.5. The van der Waals surface area contributed by atoms with Gasteiger partial charge in [0.25, 0.3) is 11.1 Å². The Morgan fingerprint density at radius 3 is 2.30 bits per heavy atom. The molecular formula is C25H18F9N5O4. The first-order valence-electron chi connectivity index (χ1n) is 12.1. The molecule has 3 heterocycles. The van der Waals surface area contributed by atoms with Crippen molar-refractivity contribution in [2.75, 3.05) is 6.61 Å². The summed E-state index contributed by atoms with van der Waals surface area (Å²) in [5.74, 6) is -2.35. The van der Waals surface area contributed by atoms with Gasteiger partial charge < -0.3 is 14.0 Å². The van der Waals surface area contributed by atoms with Gasteiger partial charge in [0.1, 0.15) is 11.9 Å². The van der Waals surface area contributed by atoms with Crippen LogP contribution in [-0.2, 0) is 23.6 Å². The number of nitrogens with one attached hydrogen (secondary N) is 1. The van der Waals surface area contributed by atoms with Gasteiger partial charge in [-0.3, -0.25) is 9.59 Å². The quantitative estimate of drug-likeness (QED) is 0.242. The summed E-state index contributed by atoms with van der Waals surface area (Å²) >= 11 is 0. The van der Waals surface area contributed by atoms with Crippen LogP contribution >= 0.6 is 0 Å². The van der Waals surface area contributed by atoms with Gasteiger partial charge in [0.15, 0.2) is 17.1 Å². The van der Waals surface area contributed by atoms with Crippen molar-refractivity contribution in [2.45, 2.75) is 44.5 Å². The molecule has 43 heavy (non-hydrogen) atoms. The summed E-state index contributed by atoms with van der Waals surface area (Å²) in [6.07, 6.45) is -8.67. The predicted molar refractivity (Wildman–Crippen MR) is 130 cm³/mol. The Labute approximate surface area is 233 Å². The Balaban J connectivity index is 1.52. The van der Waals surface area contributed by atoms with Crippen LogP contribution in [0.25, 0.3) is 22.2 Å². The number of nitrogens with zero attached hydrogens (tertiary/aromatic N) is 4. The molecule has 4 aromatic rings. The minimum atomic E-state index is -5.15. The van der Waals surface area contributed by atoms with Gasteiger partial charge in [-0.05, 0) is 36.4 Å². The van der Waals surface area contributed by atoms with Gasteiger partial charge in [-0.15, -0.1) is 0 Å². The first-order valence-corrected chi connectivity index (χ1v) is 12.1. The molecule has 0 saturated carbocycles. The molecule has 0 aliphatic heterocycles. The maximum Gasteiger partial charge on any atom is 0.425 e. The summed E-state index contributed by atoms with van der Waals surface area (Å²) < 4.78 is 129. The number of aromatic amines is 1. The number of hydrogen-bond acceptors (Lipinski definition) is 7. The van der Waals surface area contributed by atoms with E-state index < -0.39 is 65.5 Å². The standard InChI is InChI=1S/C25H18F9N5O4/c26-17-7-15-12(6-16(17)20-35-8-13(9-36-20)24(29,30)31)3-5-39(22(15)41)4-1-2-14(11-42-23(27)28)43-18-10-37-38-21(40)19(18)25(32,33)34/h3,5-10,14,23H,1-2,4,11H2,(H,38,40). The molecule has 0 saturated heterocycles. The van der Waals surface area contributed by atoms with Crippen molar-refractivity contribution < 1.29 is 49.0 Å². The first-order chi connectivity index (χ1) is 20.1. The topological polar surface area (TPSA) is 112 Å². The average molecular weight is 623 g/mol. The second-order valence-electron chi connectivity index (χ2n) is 8.94. The molecule has 1 atom stereocenters. The normalized spacial score (nSPS) is 13.1. The number of aromatic nitrogens is 5. The third kappa shape index (κ3) is 7.49. The number of rotatable bonds is 10. The molecule has 0 aliphatic carbocycles. The number of alkyl halides is 8. The minimum Gasteiger partial charge on any atom is -0.485 e. The Morgan fingerprint density at radius 1 is 0.977 bits per heavy atom. The minimum absolute atomic E-state index is 0.0272. The van der Waals surface area contributed by atoms with E-state index in [0.29, 0.717) is 18.6 Å². The number of fused-ring (bicyclic) bond motifs is 1. The van der Waals surface area contributed by atoms with E-state index >= 15 is 0 Å². The van der Waals surface area contributed by atoms with Gasteiger partial charge in [0.2, 0.25) is 0 Å². The predicted octanol–water partition coefficient (Wildman–Crippen LogP) is 5.19. The van der Waals surface area contributed by atoms with Crippen molar-refractivity contribution in [2.24, 2.45) is 0 Å². The van der Waals surface area contributed by atoms with E-state index in [4.69, 9.17) is 4.74 Å². The van der Waals surface area contributed by atoms with Crippen molar-refractivity contribution >= 4 is 10.8 Å². The van der Waals surface area contributed by atoms with Crippen molar-refractivity contribution in [1.29, 1.82) is 0 Å². The van der Waals surface area contributed by atoms with Gasteiger partial charge >= 0.3 is 19.0 Å². The van der Waals surface area contributed by atoms with Crippen LogP contribution in [0.3, 0.4) is 0 Å². The molecule has 0 radical (unpaired) electrons. The lowest BCUT2D eigenvalue weighted by Crippen LogP contribution is -2.30. The molecule has 18 heteroatoms. The van der Waals surface area contributed by atoms with Crippen molar-refractivity contribution in [1.82, 2.24) is 24.7 Å². The molecule has 9 nitrogen and oxygen atoms in total. The second-order valence-corrected chi connectivity index (χ2v) is 8.94. The molecule has 230 valence electrons. The smallest absolute Gasteiger partial charge is 0.425 e.